The van der Waals surface area contributed by atoms with Gasteiger partial charge in [-0.15, -0.1) is 0 Å². The zero-order chi connectivity index (χ0) is 22.2. The van der Waals surface area contributed by atoms with Crippen molar-refractivity contribution in [1.82, 2.24) is 5.43 Å². The minimum Gasteiger partial charge on any atom is -0.484 e. The first-order chi connectivity index (χ1) is 14.9. The van der Waals surface area contributed by atoms with Crippen LogP contribution in [0.15, 0.2) is 76.3 Å². The van der Waals surface area contributed by atoms with Gasteiger partial charge in [0.1, 0.15) is 11.5 Å². The molecular formula is C23H18BrClN2O4. The van der Waals surface area contributed by atoms with E-state index in [9.17, 15) is 9.59 Å². The van der Waals surface area contributed by atoms with E-state index in [4.69, 9.17) is 21.1 Å². The average Bonchev–Trinajstić information content (AvgIpc) is 2.74. The summed E-state index contributed by atoms with van der Waals surface area (Å²) >= 11 is 9.25. The van der Waals surface area contributed by atoms with Crippen LogP contribution in [0.1, 0.15) is 21.5 Å². The van der Waals surface area contributed by atoms with E-state index in [1.807, 2.05) is 13.0 Å². The Hall–Kier alpha value is -3.16. The third-order valence-corrected chi connectivity index (χ3v) is 4.72. The van der Waals surface area contributed by atoms with E-state index >= 15 is 0 Å². The number of rotatable bonds is 7. The minimum absolute atomic E-state index is 0.231. The lowest BCUT2D eigenvalue weighted by Crippen LogP contribution is -2.24. The highest BCUT2D eigenvalue weighted by Gasteiger charge is 2.12. The van der Waals surface area contributed by atoms with Crippen molar-refractivity contribution in [2.45, 2.75) is 6.92 Å². The number of benzene rings is 3. The number of ether oxygens (including phenoxy) is 2. The van der Waals surface area contributed by atoms with E-state index in [2.05, 4.69) is 26.5 Å². The quantitative estimate of drug-likeness (QED) is 0.210. The number of hydrogen-bond donors (Lipinski definition) is 1. The van der Waals surface area contributed by atoms with Crippen molar-refractivity contribution in [2.24, 2.45) is 5.10 Å². The van der Waals surface area contributed by atoms with Crippen molar-refractivity contribution in [1.29, 1.82) is 0 Å². The predicted molar refractivity (Wildman–Crippen MR) is 123 cm³/mol. The summed E-state index contributed by atoms with van der Waals surface area (Å²) < 4.78 is 11.6. The Morgan fingerprint density at radius 3 is 2.68 bits per heavy atom. The molecule has 158 valence electrons. The number of esters is 1. The van der Waals surface area contributed by atoms with Gasteiger partial charge in [-0.2, -0.15) is 5.10 Å². The van der Waals surface area contributed by atoms with Gasteiger partial charge in [-0.1, -0.05) is 51.3 Å². The van der Waals surface area contributed by atoms with E-state index in [-0.39, 0.29) is 6.61 Å². The molecule has 0 aliphatic carbocycles. The molecule has 31 heavy (non-hydrogen) atoms. The fourth-order valence-corrected chi connectivity index (χ4v) is 3.11. The van der Waals surface area contributed by atoms with E-state index in [0.29, 0.717) is 27.6 Å². The largest absolute Gasteiger partial charge is 0.484 e. The summed E-state index contributed by atoms with van der Waals surface area (Å²) in [4.78, 5) is 24.4. The van der Waals surface area contributed by atoms with Crippen LogP contribution in [-0.4, -0.2) is 24.7 Å². The predicted octanol–water partition coefficient (Wildman–Crippen LogP) is 5.16. The molecule has 0 unspecified atom stereocenters. The number of halogens is 2. The molecule has 0 radical (unpaired) electrons. The number of hydrogen-bond acceptors (Lipinski definition) is 5. The van der Waals surface area contributed by atoms with Gasteiger partial charge in [0.25, 0.3) is 5.91 Å². The Morgan fingerprint density at radius 2 is 1.90 bits per heavy atom. The number of carbonyl (C=O) groups is 2. The van der Waals surface area contributed by atoms with Gasteiger partial charge >= 0.3 is 5.97 Å². The first kappa shape index (κ1) is 22.5. The SMILES string of the molecule is Cc1cccc(C(=O)Oc2ccc(Br)cc2C=NNC(=O)COc2cccc(Cl)c2)c1. The molecule has 0 aliphatic rings. The average molecular weight is 502 g/mol. The number of hydrazone groups is 1. The molecule has 3 aromatic rings. The smallest absolute Gasteiger partial charge is 0.343 e. The van der Waals surface area contributed by atoms with Gasteiger partial charge in [-0.05, 0) is 55.5 Å². The molecule has 0 atom stereocenters. The molecule has 0 aromatic heterocycles. The lowest BCUT2D eigenvalue weighted by Gasteiger charge is -2.09. The zero-order valence-electron chi connectivity index (χ0n) is 16.5. The second-order valence-corrected chi connectivity index (χ2v) is 7.83. The Balaban J connectivity index is 1.62. The maximum atomic E-state index is 12.5. The molecule has 8 heteroatoms. The van der Waals surface area contributed by atoms with Crippen LogP contribution in [0, 0.1) is 6.92 Å². The normalized spacial score (nSPS) is 10.7. The summed E-state index contributed by atoms with van der Waals surface area (Å²) in [5.41, 5.74) is 4.27. The van der Waals surface area contributed by atoms with Crippen molar-refractivity contribution >= 4 is 45.6 Å². The second kappa shape index (κ2) is 10.7. The lowest BCUT2D eigenvalue weighted by atomic mass is 10.1. The highest BCUT2D eigenvalue weighted by atomic mass is 79.9. The molecule has 0 saturated carbocycles. The Morgan fingerprint density at radius 1 is 1.10 bits per heavy atom. The van der Waals surface area contributed by atoms with Gasteiger partial charge in [0.05, 0.1) is 11.8 Å². The number of nitrogens with one attached hydrogen (secondary N) is 1. The van der Waals surface area contributed by atoms with Crippen molar-refractivity contribution in [3.05, 3.63) is 92.9 Å². The Bertz CT molecular complexity index is 1130. The third-order valence-electron chi connectivity index (χ3n) is 3.99. The summed E-state index contributed by atoms with van der Waals surface area (Å²) in [7, 11) is 0. The van der Waals surface area contributed by atoms with Crippen molar-refractivity contribution in [3.63, 3.8) is 0 Å². The van der Waals surface area contributed by atoms with Crippen LogP contribution in [0.2, 0.25) is 5.02 Å². The summed E-state index contributed by atoms with van der Waals surface area (Å²) in [6, 6.07) is 18.9. The molecule has 0 aliphatic heterocycles. The molecule has 3 rings (SSSR count). The Kier molecular flexibility index (Phi) is 7.81. The summed E-state index contributed by atoms with van der Waals surface area (Å²) in [5, 5.41) is 4.44. The topological polar surface area (TPSA) is 77.0 Å². The third kappa shape index (κ3) is 6.94. The van der Waals surface area contributed by atoms with Gasteiger partial charge in [0, 0.05) is 15.1 Å². The van der Waals surface area contributed by atoms with Gasteiger partial charge < -0.3 is 9.47 Å². The lowest BCUT2D eigenvalue weighted by molar-refractivity contribution is -0.123. The van der Waals surface area contributed by atoms with Crippen LogP contribution in [0.5, 0.6) is 11.5 Å². The van der Waals surface area contributed by atoms with Crippen molar-refractivity contribution < 1.29 is 19.1 Å². The molecule has 0 bridgehead atoms. The monoisotopic (exact) mass is 500 g/mol. The van der Waals surface area contributed by atoms with Crippen LogP contribution in [0.4, 0.5) is 0 Å². The first-order valence-electron chi connectivity index (χ1n) is 9.19. The number of carbonyl (C=O) groups excluding carboxylic acids is 2. The highest BCUT2D eigenvalue weighted by molar-refractivity contribution is 9.10. The fraction of sp³-hybridized carbons (Fsp3) is 0.0870. The number of aryl methyl sites for hydroxylation is 1. The fourth-order valence-electron chi connectivity index (χ4n) is 2.56. The standard InChI is InChI=1S/C23H18BrClN2O4/c1-15-4-2-5-16(10-15)23(29)31-21-9-8-18(24)11-17(21)13-26-27-22(28)14-30-20-7-3-6-19(25)12-20/h2-13H,14H2,1H3,(H,27,28). The molecule has 0 fully saturated rings. The number of nitrogens with zero attached hydrogens (tertiary/aromatic N) is 1. The molecule has 0 spiro atoms. The van der Waals surface area contributed by atoms with E-state index in [0.717, 1.165) is 10.0 Å². The van der Waals surface area contributed by atoms with Gasteiger partial charge in [0.2, 0.25) is 0 Å². The first-order valence-corrected chi connectivity index (χ1v) is 10.4. The van der Waals surface area contributed by atoms with Crippen LogP contribution in [0.3, 0.4) is 0 Å². The molecule has 3 aromatic carbocycles. The van der Waals surface area contributed by atoms with E-state index in [1.165, 1.54) is 6.21 Å². The van der Waals surface area contributed by atoms with Gasteiger partial charge in [0.15, 0.2) is 6.61 Å². The molecule has 0 saturated heterocycles. The van der Waals surface area contributed by atoms with E-state index < -0.39 is 11.9 Å². The van der Waals surface area contributed by atoms with Gasteiger partial charge in [-0.25, -0.2) is 10.2 Å². The molecule has 1 N–H and O–H groups in total. The summed E-state index contributed by atoms with van der Waals surface area (Å²) in [6.07, 6.45) is 1.39. The second-order valence-electron chi connectivity index (χ2n) is 6.48. The van der Waals surface area contributed by atoms with Crippen molar-refractivity contribution in [2.75, 3.05) is 6.61 Å². The Labute approximate surface area is 193 Å². The molecule has 0 heterocycles. The van der Waals surface area contributed by atoms with Crippen LogP contribution in [0.25, 0.3) is 0 Å². The zero-order valence-corrected chi connectivity index (χ0v) is 18.8. The van der Waals surface area contributed by atoms with Crippen molar-refractivity contribution in [3.8, 4) is 11.5 Å². The maximum Gasteiger partial charge on any atom is 0.343 e. The molecule has 6 nitrogen and oxygen atoms in total. The summed E-state index contributed by atoms with van der Waals surface area (Å²) in [6.45, 7) is 1.67. The molecular weight excluding hydrogens is 484 g/mol. The van der Waals surface area contributed by atoms with E-state index in [1.54, 1.807) is 60.7 Å². The minimum atomic E-state index is -0.486. The van der Waals surface area contributed by atoms with Crippen LogP contribution in [-0.2, 0) is 4.79 Å². The summed E-state index contributed by atoms with van der Waals surface area (Å²) in [5.74, 6) is -0.156. The maximum absolute atomic E-state index is 12.5. The highest BCUT2D eigenvalue weighted by Crippen LogP contribution is 2.23. The molecule has 1 amide bonds. The van der Waals surface area contributed by atoms with Crippen LogP contribution < -0.4 is 14.9 Å². The van der Waals surface area contributed by atoms with Crippen LogP contribution >= 0.6 is 27.5 Å². The van der Waals surface area contributed by atoms with Gasteiger partial charge in [-0.3, -0.25) is 4.79 Å². The number of amides is 1.